The van der Waals surface area contributed by atoms with Crippen LogP contribution in [0.4, 0.5) is 11.4 Å². The topological polar surface area (TPSA) is 89.5 Å². The Morgan fingerprint density at radius 2 is 1.95 bits per heavy atom. The summed E-state index contributed by atoms with van der Waals surface area (Å²) in [6, 6.07) is 4.13. The highest BCUT2D eigenvalue weighted by Gasteiger charge is 2.30. The Morgan fingerprint density at radius 1 is 1.35 bits per heavy atom. The van der Waals surface area contributed by atoms with E-state index in [1.54, 1.807) is 4.90 Å². The fourth-order valence-electron chi connectivity index (χ4n) is 2.88. The van der Waals surface area contributed by atoms with E-state index in [1.807, 2.05) is 0 Å². The smallest absolute Gasteiger partial charge is 0.282 e. The zero-order chi connectivity index (χ0) is 14.9. The zero-order valence-corrected chi connectivity index (χ0v) is 11.7. The molecule has 2 rings (SSSR count). The molecule has 6 heteroatoms. The molecule has 1 fully saturated rings. The van der Waals surface area contributed by atoms with Crippen molar-refractivity contribution in [2.45, 2.75) is 20.3 Å². The molecule has 2 unspecified atom stereocenters. The number of carbonyl (C=O) groups excluding carboxylic acids is 1. The lowest BCUT2D eigenvalue weighted by atomic mass is 9.91. The Balaban J connectivity index is 2.33. The van der Waals surface area contributed by atoms with Crippen molar-refractivity contribution in [3.05, 3.63) is 33.9 Å². The Bertz CT molecular complexity index is 534. The van der Waals surface area contributed by atoms with E-state index < -0.39 is 4.92 Å². The van der Waals surface area contributed by atoms with Gasteiger partial charge < -0.3 is 10.6 Å². The minimum atomic E-state index is -0.538. The molecular weight excluding hydrogens is 258 g/mol. The molecule has 6 nitrogen and oxygen atoms in total. The molecule has 0 radical (unpaired) electrons. The van der Waals surface area contributed by atoms with E-state index in [0.29, 0.717) is 30.6 Å². The number of nitrogen functional groups attached to an aromatic ring is 1. The highest BCUT2D eigenvalue weighted by molar-refractivity contribution is 5.99. The summed E-state index contributed by atoms with van der Waals surface area (Å²) in [6.07, 6.45) is 1.07. The normalized spacial score (nSPS) is 22.6. The Hall–Kier alpha value is -2.11. The van der Waals surface area contributed by atoms with Gasteiger partial charge in [0.25, 0.3) is 11.6 Å². The molecule has 0 saturated carbocycles. The number of nitro groups is 1. The molecule has 108 valence electrons. The lowest BCUT2D eigenvalue weighted by Gasteiger charge is -2.35. The molecule has 0 aromatic heterocycles. The maximum atomic E-state index is 12.5. The lowest BCUT2D eigenvalue weighted by Crippen LogP contribution is -2.42. The van der Waals surface area contributed by atoms with Crippen LogP contribution in [0.1, 0.15) is 30.6 Å². The van der Waals surface area contributed by atoms with Crippen molar-refractivity contribution in [3.63, 3.8) is 0 Å². The van der Waals surface area contributed by atoms with Gasteiger partial charge in [0.1, 0.15) is 5.56 Å². The fourth-order valence-corrected chi connectivity index (χ4v) is 2.88. The van der Waals surface area contributed by atoms with Crippen molar-refractivity contribution in [1.82, 2.24) is 4.90 Å². The third-order valence-corrected chi connectivity index (χ3v) is 3.60. The molecule has 1 aromatic rings. The first kappa shape index (κ1) is 14.3. The van der Waals surface area contributed by atoms with Gasteiger partial charge >= 0.3 is 0 Å². The maximum Gasteiger partial charge on any atom is 0.282 e. The molecule has 0 aliphatic carbocycles. The van der Waals surface area contributed by atoms with E-state index in [4.69, 9.17) is 5.73 Å². The van der Waals surface area contributed by atoms with Crippen molar-refractivity contribution < 1.29 is 9.72 Å². The predicted molar refractivity (Wildman–Crippen MR) is 76.4 cm³/mol. The number of piperidine rings is 1. The largest absolute Gasteiger partial charge is 0.399 e. The first-order chi connectivity index (χ1) is 9.38. The van der Waals surface area contributed by atoms with Gasteiger partial charge in [0.15, 0.2) is 0 Å². The number of likely N-dealkylation sites (tertiary alicyclic amines) is 1. The number of amides is 1. The zero-order valence-electron chi connectivity index (χ0n) is 11.7. The third-order valence-electron chi connectivity index (χ3n) is 3.60. The second-order valence-electron chi connectivity index (χ2n) is 5.69. The van der Waals surface area contributed by atoms with E-state index in [-0.39, 0.29) is 17.2 Å². The third kappa shape index (κ3) is 2.89. The van der Waals surface area contributed by atoms with Gasteiger partial charge in [-0.3, -0.25) is 14.9 Å². The molecule has 2 atom stereocenters. The quantitative estimate of drug-likeness (QED) is 0.510. The van der Waals surface area contributed by atoms with Gasteiger partial charge in [-0.15, -0.1) is 0 Å². The number of benzene rings is 1. The molecule has 1 aliphatic rings. The maximum absolute atomic E-state index is 12.5. The van der Waals surface area contributed by atoms with Gasteiger partial charge in [-0.2, -0.15) is 0 Å². The van der Waals surface area contributed by atoms with Gasteiger partial charge in [0.05, 0.1) is 4.92 Å². The summed E-state index contributed by atoms with van der Waals surface area (Å²) in [7, 11) is 0. The fraction of sp³-hybridized carbons (Fsp3) is 0.500. The van der Waals surface area contributed by atoms with Crippen molar-refractivity contribution in [2.75, 3.05) is 18.8 Å². The molecule has 1 aliphatic heterocycles. The molecule has 1 amide bonds. The summed E-state index contributed by atoms with van der Waals surface area (Å²) in [4.78, 5) is 24.7. The van der Waals surface area contributed by atoms with Crippen LogP contribution < -0.4 is 5.73 Å². The van der Waals surface area contributed by atoms with Crippen LogP contribution in [0.5, 0.6) is 0 Å². The summed E-state index contributed by atoms with van der Waals surface area (Å²) in [6.45, 7) is 5.44. The van der Waals surface area contributed by atoms with Crippen molar-refractivity contribution >= 4 is 17.3 Å². The van der Waals surface area contributed by atoms with E-state index >= 15 is 0 Å². The second-order valence-corrected chi connectivity index (χ2v) is 5.69. The number of nitrogens with two attached hydrogens (primary N) is 1. The van der Waals surface area contributed by atoms with Crippen molar-refractivity contribution in [1.29, 1.82) is 0 Å². The van der Waals surface area contributed by atoms with Gasteiger partial charge in [-0.1, -0.05) is 13.8 Å². The molecule has 1 saturated heterocycles. The van der Waals surface area contributed by atoms with Crippen LogP contribution in [0.2, 0.25) is 0 Å². The molecule has 0 bridgehead atoms. The molecule has 1 aromatic carbocycles. The molecule has 0 spiro atoms. The minimum absolute atomic E-state index is 0.0799. The summed E-state index contributed by atoms with van der Waals surface area (Å²) in [5.41, 5.74) is 5.91. The van der Waals surface area contributed by atoms with Gasteiger partial charge in [-0.05, 0) is 30.4 Å². The standard InChI is InChI=1S/C14H19N3O3/c1-9-5-10(2)8-16(7-9)14(18)12-6-11(15)3-4-13(12)17(19)20/h3-4,6,9-10H,5,7-8,15H2,1-2H3. The van der Waals surface area contributed by atoms with Gasteiger partial charge in [0, 0.05) is 24.8 Å². The Kier molecular flexibility index (Phi) is 3.92. The summed E-state index contributed by atoms with van der Waals surface area (Å²) >= 11 is 0. The van der Waals surface area contributed by atoms with Gasteiger partial charge in [0.2, 0.25) is 0 Å². The highest BCUT2D eigenvalue weighted by atomic mass is 16.6. The second kappa shape index (κ2) is 5.48. The number of nitro benzene ring substituents is 1. The molecule has 2 N–H and O–H groups in total. The van der Waals surface area contributed by atoms with Crippen LogP contribution in [0.15, 0.2) is 18.2 Å². The number of hydrogen-bond acceptors (Lipinski definition) is 4. The monoisotopic (exact) mass is 277 g/mol. The summed E-state index contributed by atoms with van der Waals surface area (Å²) in [5.74, 6) is 0.507. The SMILES string of the molecule is CC1CC(C)CN(C(=O)c2cc(N)ccc2[N+](=O)[O-])C1. The van der Waals surface area contributed by atoms with Crippen molar-refractivity contribution in [3.8, 4) is 0 Å². The molecule has 20 heavy (non-hydrogen) atoms. The lowest BCUT2D eigenvalue weighted by molar-refractivity contribution is -0.385. The predicted octanol–water partition coefficient (Wildman–Crippen LogP) is 2.30. The van der Waals surface area contributed by atoms with E-state index in [1.165, 1.54) is 18.2 Å². The molecular formula is C14H19N3O3. The average molecular weight is 277 g/mol. The van der Waals surface area contributed by atoms with E-state index in [0.717, 1.165) is 6.42 Å². The van der Waals surface area contributed by atoms with E-state index in [9.17, 15) is 14.9 Å². The van der Waals surface area contributed by atoms with Crippen LogP contribution in [-0.2, 0) is 0 Å². The van der Waals surface area contributed by atoms with Crippen LogP contribution >= 0.6 is 0 Å². The van der Waals surface area contributed by atoms with Gasteiger partial charge in [-0.25, -0.2) is 0 Å². The van der Waals surface area contributed by atoms with Crippen LogP contribution in [0.3, 0.4) is 0 Å². The number of hydrogen-bond donors (Lipinski definition) is 1. The summed E-state index contributed by atoms with van der Waals surface area (Å²) < 4.78 is 0. The number of carbonyl (C=O) groups is 1. The van der Waals surface area contributed by atoms with Crippen LogP contribution in [0, 0.1) is 22.0 Å². The number of rotatable bonds is 2. The first-order valence-electron chi connectivity index (χ1n) is 6.71. The summed E-state index contributed by atoms with van der Waals surface area (Å²) in [5, 5.41) is 11.0. The number of nitrogens with zero attached hydrogens (tertiary/aromatic N) is 2. The first-order valence-corrected chi connectivity index (χ1v) is 6.71. The minimum Gasteiger partial charge on any atom is -0.399 e. The van der Waals surface area contributed by atoms with Crippen molar-refractivity contribution in [2.24, 2.45) is 11.8 Å². The average Bonchev–Trinajstić information content (AvgIpc) is 2.36. The highest BCUT2D eigenvalue weighted by Crippen LogP contribution is 2.27. The Labute approximate surface area is 117 Å². The van der Waals surface area contributed by atoms with Crippen LogP contribution in [0.25, 0.3) is 0 Å². The van der Waals surface area contributed by atoms with Crippen LogP contribution in [-0.4, -0.2) is 28.8 Å². The number of anilines is 1. The Morgan fingerprint density at radius 3 is 2.50 bits per heavy atom. The van der Waals surface area contributed by atoms with E-state index in [2.05, 4.69) is 13.8 Å². The molecule has 1 heterocycles.